The molecule has 2 aromatic rings. The Balaban J connectivity index is 2.49. The first-order valence-electron chi connectivity index (χ1n) is 6.09. The van der Waals surface area contributed by atoms with Gasteiger partial charge in [-0.25, -0.2) is 4.79 Å². The van der Waals surface area contributed by atoms with Gasteiger partial charge in [-0.3, -0.25) is 0 Å². The van der Waals surface area contributed by atoms with Crippen molar-refractivity contribution in [1.29, 1.82) is 0 Å². The summed E-state index contributed by atoms with van der Waals surface area (Å²) >= 11 is 5.86. The lowest BCUT2D eigenvalue weighted by molar-refractivity contribution is -0.130. The molecule has 0 saturated carbocycles. The minimum Gasteiger partial charge on any atom is -0.507 e. The van der Waals surface area contributed by atoms with Crippen LogP contribution in [0.25, 0.3) is 11.6 Å². The molecule has 0 aliphatic carbocycles. The van der Waals surface area contributed by atoms with Crippen molar-refractivity contribution in [2.24, 2.45) is 0 Å². The molecule has 0 aliphatic heterocycles. The standard InChI is InChI=1S/C16H13ClO4/c1-21-13-5-2-10(3-6-13)14(16(19)20)9-11-8-12(17)4-7-15(11)18/h2-9,18H,1H3,(H,19,20)/b14-9-. The molecule has 0 fully saturated rings. The van der Waals surface area contributed by atoms with Gasteiger partial charge in [0, 0.05) is 10.6 Å². The number of aliphatic carboxylic acids is 1. The van der Waals surface area contributed by atoms with Gasteiger partial charge < -0.3 is 14.9 Å². The van der Waals surface area contributed by atoms with Crippen molar-refractivity contribution in [2.75, 3.05) is 7.11 Å². The number of aromatic hydroxyl groups is 1. The largest absolute Gasteiger partial charge is 0.507 e. The van der Waals surface area contributed by atoms with Crippen LogP contribution in [0.2, 0.25) is 5.02 Å². The van der Waals surface area contributed by atoms with E-state index in [-0.39, 0.29) is 11.3 Å². The number of ether oxygens (including phenoxy) is 1. The fourth-order valence-electron chi connectivity index (χ4n) is 1.84. The Morgan fingerprint density at radius 2 is 1.86 bits per heavy atom. The van der Waals surface area contributed by atoms with Crippen LogP contribution in [0.3, 0.4) is 0 Å². The summed E-state index contributed by atoms with van der Waals surface area (Å²) in [5, 5.41) is 19.6. The Labute approximate surface area is 126 Å². The normalized spacial score (nSPS) is 11.2. The molecule has 0 heterocycles. The highest BCUT2D eigenvalue weighted by atomic mass is 35.5. The maximum atomic E-state index is 11.4. The fraction of sp³-hybridized carbons (Fsp3) is 0.0625. The maximum Gasteiger partial charge on any atom is 0.336 e. The van der Waals surface area contributed by atoms with E-state index in [1.165, 1.54) is 31.4 Å². The summed E-state index contributed by atoms with van der Waals surface area (Å²) in [4.78, 5) is 11.4. The Bertz CT molecular complexity index is 690. The van der Waals surface area contributed by atoms with Crippen LogP contribution < -0.4 is 4.74 Å². The SMILES string of the molecule is COc1ccc(/C(=C/c2cc(Cl)ccc2O)C(=O)O)cc1. The van der Waals surface area contributed by atoms with Crippen LogP contribution in [-0.2, 0) is 4.79 Å². The van der Waals surface area contributed by atoms with Gasteiger partial charge in [0.05, 0.1) is 12.7 Å². The third-order valence-electron chi connectivity index (χ3n) is 2.92. The van der Waals surface area contributed by atoms with Crippen LogP contribution in [0.4, 0.5) is 0 Å². The first-order valence-corrected chi connectivity index (χ1v) is 6.47. The van der Waals surface area contributed by atoms with Crippen molar-refractivity contribution in [3.05, 3.63) is 58.6 Å². The van der Waals surface area contributed by atoms with E-state index in [9.17, 15) is 15.0 Å². The Morgan fingerprint density at radius 3 is 2.43 bits per heavy atom. The number of carbonyl (C=O) groups is 1. The van der Waals surface area contributed by atoms with Gasteiger partial charge in [-0.2, -0.15) is 0 Å². The van der Waals surface area contributed by atoms with Gasteiger partial charge in [0.1, 0.15) is 11.5 Å². The van der Waals surface area contributed by atoms with Crippen molar-refractivity contribution in [1.82, 2.24) is 0 Å². The molecule has 0 unspecified atom stereocenters. The topological polar surface area (TPSA) is 66.8 Å². The van der Waals surface area contributed by atoms with Crippen molar-refractivity contribution in [3.8, 4) is 11.5 Å². The first-order chi connectivity index (χ1) is 10.0. The Hall–Kier alpha value is -2.46. The highest BCUT2D eigenvalue weighted by molar-refractivity contribution is 6.31. The molecule has 21 heavy (non-hydrogen) atoms. The van der Waals surface area contributed by atoms with Gasteiger partial charge >= 0.3 is 5.97 Å². The number of rotatable bonds is 4. The fourth-order valence-corrected chi connectivity index (χ4v) is 2.02. The summed E-state index contributed by atoms with van der Waals surface area (Å²) in [5.41, 5.74) is 0.897. The lowest BCUT2D eigenvalue weighted by Gasteiger charge is -2.06. The lowest BCUT2D eigenvalue weighted by atomic mass is 10.0. The van der Waals surface area contributed by atoms with E-state index in [0.29, 0.717) is 21.9 Å². The summed E-state index contributed by atoms with van der Waals surface area (Å²) in [6.45, 7) is 0. The van der Waals surface area contributed by atoms with E-state index in [1.807, 2.05) is 0 Å². The predicted molar refractivity (Wildman–Crippen MR) is 81.6 cm³/mol. The smallest absolute Gasteiger partial charge is 0.336 e. The highest BCUT2D eigenvalue weighted by Crippen LogP contribution is 2.27. The van der Waals surface area contributed by atoms with Gasteiger partial charge in [-0.15, -0.1) is 0 Å². The van der Waals surface area contributed by atoms with Gasteiger partial charge in [-0.05, 0) is 42.0 Å². The Kier molecular flexibility index (Phi) is 4.50. The number of benzene rings is 2. The highest BCUT2D eigenvalue weighted by Gasteiger charge is 2.12. The quantitative estimate of drug-likeness (QED) is 0.668. The van der Waals surface area contributed by atoms with Crippen LogP contribution in [-0.4, -0.2) is 23.3 Å². The van der Waals surface area contributed by atoms with E-state index in [4.69, 9.17) is 16.3 Å². The second kappa shape index (κ2) is 6.33. The van der Waals surface area contributed by atoms with Gasteiger partial charge in [0.15, 0.2) is 0 Å². The number of phenolic OH excluding ortho intramolecular Hbond substituents is 1. The molecule has 0 radical (unpaired) electrons. The van der Waals surface area contributed by atoms with Crippen molar-refractivity contribution < 1.29 is 19.7 Å². The van der Waals surface area contributed by atoms with Gasteiger partial charge in [-0.1, -0.05) is 23.7 Å². The third-order valence-corrected chi connectivity index (χ3v) is 3.16. The van der Waals surface area contributed by atoms with E-state index in [0.717, 1.165) is 0 Å². The van der Waals surface area contributed by atoms with E-state index >= 15 is 0 Å². The zero-order valence-electron chi connectivity index (χ0n) is 11.2. The van der Waals surface area contributed by atoms with Crippen LogP contribution >= 0.6 is 11.6 Å². The molecule has 0 bridgehead atoms. The maximum absolute atomic E-state index is 11.4. The van der Waals surface area contributed by atoms with Crippen molar-refractivity contribution in [3.63, 3.8) is 0 Å². The molecule has 0 aromatic heterocycles. The number of phenols is 1. The van der Waals surface area contributed by atoms with Crippen molar-refractivity contribution in [2.45, 2.75) is 0 Å². The number of hydrogen-bond acceptors (Lipinski definition) is 3. The zero-order chi connectivity index (χ0) is 15.4. The number of carboxylic acid groups (broad SMARTS) is 1. The van der Waals surface area contributed by atoms with Crippen LogP contribution in [0.15, 0.2) is 42.5 Å². The van der Waals surface area contributed by atoms with Gasteiger partial charge in [0.25, 0.3) is 0 Å². The molecular weight excluding hydrogens is 292 g/mol. The molecule has 0 atom stereocenters. The molecule has 2 N–H and O–H groups in total. The molecule has 2 rings (SSSR count). The number of methoxy groups -OCH3 is 1. The molecule has 0 aliphatic rings. The summed E-state index contributed by atoms with van der Waals surface area (Å²) in [6.07, 6.45) is 1.38. The number of halogens is 1. The summed E-state index contributed by atoms with van der Waals surface area (Å²) in [6, 6.07) is 11.1. The third kappa shape index (κ3) is 3.55. The minimum absolute atomic E-state index is 0.0355. The molecule has 0 saturated heterocycles. The monoisotopic (exact) mass is 304 g/mol. The molecular formula is C16H13ClO4. The minimum atomic E-state index is -1.10. The summed E-state index contributed by atoms with van der Waals surface area (Å²) in [5.74, 6) is -0.500. The Morgan fingerprint density at radius 1 is 1.19 bits per heavy atom. The lowest BCUT2D eigenvalue weighted by Crippen LogP contribution is -1.99. The van der Waals surface area contributed by atoms with E-state index in [1.54, 1.807) is 24.3 Å². The van der Waals surface area contributed by atoms with Gasteiger partial charge in [0.2, 0.25) is 0 Å². The summed E-state index contributed by atoms with van der Waals surface area (Å²) < 4.78 is 5.04. The average molecular weight is 305 g/mol. The molecule has 0 amide bonds. The zero-order valence-corrected chi connectivity index (χ0v) is 12.0. The number of carboxylic acids is 1. The first kappa shape index (κ1) is 14.9. The molecule has 0 spiro atoms. The second-order valence-electron chi connectivity index (χ2n) is 4.29. The molecule has 5 heteroatoms. The molecule has 4 nitrogen and oxygen atoms in total. The van der Waals surface area contributed by atoms with Crippen molar-refractivity contribution >= 4 is 29.2 Å². The van der Waals surface area contributed by atoms with E-state index in [2.05, 4.69) is 0 Å². The average Bonchev–Trinajstić information content (AvgIpc) is 2.48. The summed E-state index contributed by atoms with van der Waals surface area (Å²) in [7, 11) is 1.53. The van der Waals surface area contributed by atoms with Crippen LogP contribution in [0, 0.1) is 0 Å². The van der Waals surface area contributed by atoms with Crippen LogP contribution in [0.1, 0.15) is 11.1 Å². The van der Waals surface area contributed by atoms with Crippen LogP contribution in [0.5, 0.6) is 11.5 Å². The molecule has 2 aromatic carbocycles. The van der Waals surface area contributed by atoms with E-state index < -0.39 is 5.97 Å². The predicted octanol–water partition coefficient (Wildman–Crippen LogP) is 3.68. The number of hydrogen-bond donors (Lipinski definition) is 2. The second-order valence-corrected chi connectivity index (χ2v) is 4.73. The molecule has 108 valence electrons.